The van der Waals surface area contributed by atoms with Crippen LogP contribution in [0.1, 0.15) is 31.9 Å². The largest absolute Gasteiger partial charge is 0.457 e. The van der Waals surface area contributed by atoms with Crippen LogP contribution < -0.4 is 10.5 Å². The Morgan fingerprint density at radius 3 is 2.11 bits per heavy atom. The maximum absolute atomic E-state index is 6.21. The lowest BCUT2D eigenvalue weighted by Crippen LogP contribution is -2.18. The van der Waals surface area contributed by atoms with Crippen molar-refractivity contribution in [3.05, 3.63) is 60.2 Å². The number of hydrogen-bond acceptors (Lipinski definition) is 2. The van der Waals surface area contributed by atoms with Gasteiger partial charge in [-0.3, -0.25) is 0 Å². The summed E-state index contributed by atoms with van der Waals surface area (Å²) in [5, 5.41) is 0. The van der Waals surface area contributed by atoms with Gasteiger partial charge in [-0.15, -0.1) is 0 Å². The molecule has 2 heteroatoms. The van der Waals surface area contributed by atoms with E-state index in [2.05, 4.69) is 26.0 Å². The zero-order chi connectivity index (χ0) is 13.7. The van der Waals surface area contributed by atoms with Crippen molar-refractivity contribution in [2.24, 2.45) is 11.7 Å². The molecule has 0 fully saturated rings. The number of hydrogen-bond donors (Lipinski definition) is 1. The van der Waals surface area contributed by atoms with Crippen LogP contribution in [0.2, 0.25) is 0 Å². The molecule has 0 radical (unpaired) electrons. The van der Waals surface area contributed by atoms with Crippen LogP contribution in [0.4, 0.5) is 0 Å². The first-order chi connectivity index (χ1) is 9.20. The minimum atomic E-state index is 0.0933. The fourth-order valence-corrected chi connectivity index (χ4v) is 1.97. The smallest absolute Gasteiger partial charge is 0.127 e. The van der Waals surface area contributed by atoms with Crippen LogP contribution in [0.25, 0.3) is 0 Å². The lowest BCUT2D eigenvalue weighted by Gasteiger charge is -2.18. The van der Waals surface area contributed by atoms with Gasteiger partial charge < -0.3 is 10.5 Å². The number of nitrogens with two attached hydrogens (primary N) is 1. The summed E-state index contributed by atoms with van der Waals surface area (Å²) in [5.74, 6) is 2.17. The molecule has 0 aromatic heterocycles. The van der Waals surface area contributed by atoms with Crippen LogP contribution in [-0.2, 0) is 0 Å². The monoisotopic (exact) mass is 255 g/mol. The number of ether oxygens (including phenoxy) is 1. The molecular formula is C17H21NO. The van der Waals surface area contributed by atoms with E-state index in [0.29, 0.717) is 5.92 Å². The molecule has 0 spiro atoms. The Morgan fingerprint density at radius 2 is 1.53 bits per heavy atom. The third-order valence-corrected chi connectivity index (χ3v) is 3.50. The molecule has 2 rings (SSSR count). The second-order valence-corrected chi connectivity index (χ2v) is 4.90. The van der Waals surface area contributed by atoms with Crippen LogP contribution in [0, 0.1) is 5.92 Å². The molecule has 19 heavy (non-hydrogen) atoms. The summed E-state index contributed by atoms with van der Waals surface area (Å²) in [4.78, 5) is 0. The highest BCUT2D eigenvalue weighted by molar-refractivity contribution is 5.33. The van der Waals surface area contributed by atoms with E-state index in [-0.39, 0.29) is 6.04 Å². The summed E-state index contributed by atoms with van der Waals surface area (Å²) >= 11 is 0. The van der Waals surface area contributed by atoms with E-state index in [1.807, 2.05) is 42.5 Å². The van der Waals surface area contributed by atoms with Gasteiger partial charge in [-0.05, 0) is 35.7 Å². The molecule has 0 bridgehead atoms. The van der Waals surface area contributed by atoms with Gasteiger partial charge in [-0.2, -0.15) is 0 Å². The number of rotatable bonds is 5. The van der Waals surface area contributed by atoms with Gasteiger partial charge >= 0.3 is 0 Å². The van der Waals surface area contributed by atoms with Crippen LogP contribution in [0.3, 0.4) is 0 Å². The molecule has 1 unspecified atom stereocenters. The van der Waals surface area contributed by atoms with Gasteiger partial charge in [0.25, 0.3) is 0 Å². The molecule has 0 aliphatic rings. The molecule has 100 valence electrons. The summed E-state index contributed by atoms with van der Waals surface area (Å²) in [5.41, 5.74) is 7.37. The summed E-state index contributed by atoms with van der Waals surface area (Å²) in [6.07, 6.45) is 1.09. The minimum absolute atomic E-state index is 0.0933. The first kappa shape index (κ1) is 13.6. The third-order valence-electron chi connectivity index (χ3n) is 3.50. The zero-order valence-electron chi connectivity index (χ0n) is 11.5. The number of para-hydroxylation sites is 1. The SMILES string of the molecule is CCC(C)[C@@H](N)c1ccc(Oc2ccccc2)cc1. The molecule has 0 saturated carbocycles. The van der Waals surface area contributed by atoms with Gasteiger partial charge in [-0.1, -0.05) is 50.6 Å². The molecule has 0 saturated heterocycles. The summed E-state index contributed by atoms with van der Waals surface area (Å²) < 4.78 is 5.76. The lowest BCUT2D eigenvalue weighted by molar-refractivity contribution is 0.454. The molecule has 0 amide bonds. The van der Waals surface area contributed by atoms with Crippen molar-refractivity contribution < 1.29 is 4.74 Å². The van der Waals surface area contributed by atoms with Crippen molar-refractivity contribution in [3.63, 3.8) is 0 Å². The first-order valence-corrected chi connectivity index (χ1v) is 6.79. The molecule has 0 heterocycles. The van der Waals surface area contributed by atoms with E-state index >= 15 is 0 Å². The van der Waals surface area contributed by atoms with Gasteiger partial charge in [0.05, 0.1) is 0 Å². The van der Waals surface area contributed by atoms with E-state index in [4.69, 9.17) is 10.5 Å². The van der Waals surface area contributed by atoms with E-state index in [9.17, 15) is 0 Å². The highest BCUT2D eigenvalue weighted by atomic mass is 16.5. The molecule has 0 aliphatic carbocycles. The third kappa shape index (κ3) is 3.58. The van der Waals surface area contributed by atoms with E-state index in [1.165, 1.54) is 0 Å². The van der Waals surface area contributed by atoms with Gasteiger partial charge in [0.15, 0.2) is 0 Å². The Labute approximate surface area is 115 Å². The Morgan fingerprint density at radius 1 is 0.947 bits per heavy atom. The molecule has 2 nitrogen and oxygen atoms in total. The van der Waals surface area contributed by atoms with Crippen molar-refractivity contribution in [1.29, 1.82) is 0 Å². The molecule has 2 atom stereocenters. The maximum Gasteiger partial charge on any atom is 0.127 e. The fraction of sp³-hybridized carbons (Fsp3) is 0.294. The topological polar surface area (TPSA) is 35.2 Å². The molecule has 2 aromatic rings. The Bertz CT molecular complexity index is 492. The summed E-state index contributed by atoms with van der Waals surface area (Å²) in [6, 6.07) is 17.9. The molecule has 0 aliphatic heterocycles. The van der Waals surface area contributed by atoms with Crippen molar-refractivity contribution in [3.8, 4) is 11.5 Å². The minimum Gasteiger partial charge on any atom is -0.457 e. The predicted molar refractivity (Wildman–Crippen MR) is 79.3 cm³/mol. The molecule has 2 N–H and O–H groups in total. The Balaban J connectivity index is 2.06. The van der Waals surface area contributed by atoms with E-state index in [0.717, 1.165) is 23.5 Å². The standard InChI is InChI=1S/C17H21NO/c1-3-13(2)17(18)14-9-11-16(12-10-14)19-15-7-5-4-6-8-15/h4-13,17H,3,18H2,1-2H3/t13?,17-/m1/s1. The van der Waals surface area contributed by atoms with E-state index in [1.54, 1.807) is 0 Å². The first-order valence-electron chi connectivity index (χ1n) is 6.79. The van der Waals surface area contributed by atoms with Crippen LogP contribution in [0.5, 0.6) is 11.5 Å². The zero-order valence-corrected chi connectivity index (χ0v) is 11.5. The highest BCUT2D eigenvalue weighted by Gasteiger charge is 2.12. The average molecular weight is 255 g/mol. The predicted octanol–water partition coefficient (Wildman–Crippen LogP) is 4.52. The van der Waals surface area contributed by atoms with Crippen LogP contribution in [0.15, 0.2) is 54.6 Å². The summed E-state index contributed by atoms with van der Waals surface area (Å²) in [7, 11) is 0. The molecular weight excluding hydrogens is 234 g/mol. The summed E-state index contributed by atoms with van der Waals surface area (Å²) in [6.45, 7) is 4.34. The van der Waals surface area contributed by atoms with E-state index < -0.39 is 0 Å². The lowest BCUT2D eigenvalue weighted by atomic mass is 9.93. The van der Waals surface area contributed by atoms with Crippen molar-refractivity contribution in [2.45, 2.75) is 26.3 Å². The maximum atomic E-state index is 6.21. The second kappa shape index (κ2) is 6.39. The van der Waals surface area contributed by atoms with Crippen molar-refractivity contribution >= 4 is 0 Å². The van der Waals surface area contributed by atoms with Gasteiger partial charge in [0.1, 0.15) is 11.5 Å². The second-order valence-electron chi connectivity index (χ2n) is 4.90. The Hall–Kier alpha value is -1.80. The Kier molecular flexibility index (Phi) is 4.58. The molecule has 2 aromatic carbocycles. The van der Waals surface area contributed by atoms with Crippen LogP contribution >= 0.6 is 0 Å². The van der Waals surface area contributed by atoms with Gasteiger partial charge in [-0.25, -0.2) is 0 Å². The van der Waals surface area contributed by atoms with Gasteiger partial charge in [0.2, 0.25) is 0 Å². The van der Waals surface area contributed by atoms with Crippen molar-refractivity contribution in [1.82, 2.24) is 0 Å². The number of benzene rings is 2. The normalized spacial score (nSPS) is 13.8. The van der Waals surface area contributed by atoms with Crippen LogP contribution in [-0.4, -0.2) is 0 Å². The quantitative estimate of drug-likeness (QED) is 0.852. The highest BCUT2D eigenvalue weighted by Crippen LogP contribution is 2.26. The van der Waals surface area contributed by atoms with Crippen molar-refractivity contribution in [2.75, 3.05) is 0 Å². The van der Waals surface area contributed by atoms with Gasteiger partial charge in [0, 0.05) is 6.04 Å². The average Bonchev–Trinajstić information content (AvgIpc) is 2.47. The fourth-order valence-electron chi connectivity index (χ4n) is 1.97.